The summed E-state index contributed by atoms with van der Waals surface area (Å²) < 4.78 is 0.731. The Morgan fingerprint density at radius 3 is 2.62 bits per heavy atom. The number of amides is 1. The molecule has 2 aromatic carbocycles. The standard InChI is InChI=1S/C17H17BrClNO/c1-12(13-6-3-2-4-7-13)10-11-20-17(21)14-8-5-9-15(18)16(14)19/h2-9,12H,10-11H2,1H3,(H,20,21). The Morgan fingerprint density at radius 2 is 1.90 bits per heavy atom. The van der Waals surface area contributed by atoms with E-state index in [-0.39, 0.29) is 5.91 Å². The van der Waals surface area contributed by atoms with Gasteiger partial charge in [0.25, 0.3) is 5.91 Å². The van der Waals surface area contributed by atoms with Gasteiger partial charge in [-0.05, 0) is 46.0 Å². The van der Waals surface area contributed by atoms with E-state index in [1.54, 1.807) is 12.1 Å². The van der Waals surface area contributed by atoms with Crippen molar-refractivity contribution in [3.8, 4) is 0 Å². The van der Waals surface area contributed by atoms with Crippen molar-refractivity contribution in [2.75, 3.05) is 6.54 Å². The largest absolute Gasteiger partial charge is 0.352 e. The van der Waals surface area contributed by atoms with Gasteiger partial charge in [0, 0.05) is 11.0 Å². The molecule has 0 saturated heterocycles. The summed E-state index contributed by atoms with van der Waals surface area (Å²) in [5.41, 5.74) is 1.78. The van der Waals surface area contributed by atoms with Crippen LogP contribution in [0, 0.1) is 0 Å². The van der Waals surface area contributed by atoms with Crippen LogP contribution in [0.15, 0.2) is 53.0 Å². The van der Waals surface area contributed by atoms with E-state index < -0.39 is 0 Å². The van der Waals surface area contributed by atoms with E-state index in [2.05, 4.69) is 40.3 Å². The SMILES string of the molecule is CC(CCNC(=O)c1cccc(Br)c1Cl)c1ccccc1. The summed E-state index contributed by atoms with van der Waals surface area (Å²) in [5, 5.41) is 3.37. The Balaban J connectivity index is 1.89. The van der Waals surface area contributed by atoms with Gasteiger partial charge in [-0.15, -0.1) is 0 Å². The Hall–Kier alpha value is -1.32. The van der Waals surface area contributed by atoms with Gasteiger partial charge < -0.3 is 5.32 Å². The Labute approximate surface area is 138 Å². The molecule has 4 heteroatoms. The second-order valence-corrected chi connectivity index (χ2v) is 6.19. The average molecular weight is 367 g/mol. The average Bonchev–Trinajstić information content (AvgIpc) is 2.50. The molecular formula is C17H17BrClNO. The summed E-state index contributed by atoms with van der Waals surface area (Å²) in [6.45, 7) is 2.78. The number of hydrogen-bond acceptors (Lipinski definition) is 1. The number of nitrogens with one attached hydrogen (secondary N) is 1. The lowest BCUT2D eigenvalue weighted by Gasteiger charge is -2.13. The van der Waals surface area contributed by atoms with Gasteiger partial charge in [-0.2, -0.15) is 0 Å². The van der Waals surface area contributed by atoms with Crippen molar-refractivity contribution >= 4 is 33.4 Å². The monoisotopic (exact) mass is 365 g/mol. The number of benzene rings is 2. The highest BCUT2D eigenvalue weighted by atomic mass is 79.9. The van der Waals surface area contributed by atoms with E-state index in [0.717, 1.165) is 10.9 Å². The van der Waals surface area contributed by atoms with Crippen molar-refractivity contribution in [3.63, 3.8) is 0 Å². The Bertz CT molecular complexity index is 615. The molecule has 2 nitrogen and oxygen atoms in total. The van der Waals surface area contributed by atoms with E-state index in [0.29, 0.717) is 23.0 Å². The van der Waals surface area contributed by atoms with Crippen molar-refractivity contribution < 1.29 is 4.79 Å². The summed E-state index contributed by atoms with van der Waals surface area (Å²) in [6, 6.07) is 15.6. The summed E-state index contributed by atoms with van der Waals surface area (Å²) in [7, 11) is 0. The maximum absolute atomic E-state index is 12.1. The lowest BCUT2D eigenvalue weighted by atomic mass is 9.98. The van der Waals surface area contributed by atoms with Gasteiger partial charge in [-0.25, -0.2) is 0 Å². The van der Waals surface area contributed by atoms with E-state index in [1.807, 2.05) is 24.3 Å². The summed E-state index contributed by atoms with van der Waals surface area (Å²) in [5.74, 6) is 0.269. The summed E-state index contributed by atoms with van der Waals surface area (Å²) >= 11 is 9.44. The minimum Gasteiger partial charge on any atom is -0.352 e. The first kappa shape index (κ1) is 16.1. The molecule has 0 aliphatic carbocycles. The van der Waals surface area contributed by atoms with Crippen molar-refractivity contribution in [2.24, 2.45) is 0 Å². The van der Waals surface area contributed by atoms with Crippen LogP contribution in [-0.2, 0) is 0 Å². The van der Waals surface area contributed by atoms with Crippen LogP contribution in [-0.4, -0.2) is 12.5 Å². The minimum atomic E-state index is -0.137. The first-order valence-corrected chi connectivity index (χ1v) is 8.04. The first-order chi connectivity index (χ1) is 10.1. The normalized spacial score (nSPS) is 12.0. The molecule has 1 N–H and O–H groups in total. The smallest absolute Gasteiger partial charge is 0.252 e. The molecule has 21 heavy (non-hydrogen) atoms. The van der Waals surface area contributed by atoms with Crippen molar-refractivity contribution in [1.82, 2.24) is 5.32 Å². The number of rotatable bonds is 5. The second-order valence-electron chi connectivity index (χ2n) is 4.96. The number of halogens is 2. The molecule has 0 aliphatic rings. The maximum Gasteiger partial charge on any atom is 0.252 e. The molecule has 0 heterocycles. The van der Waals surface area contributed by atoms with Gasteiger partial charge in [-0.1, -0.05) is 54.9 Å². The molecule has 0 spiro atoms. The fourth-order valence-electron chi connectivity index (χ4n) is 2.12. The topological polar surface area (TPSA) is 29.1 Å². The molecule has 0 aromatic heterocycles. The summed E-state index contributed by atoms with van der Waals surface area (Å²) in [6.07, 6.45) is 0.890. The molecule has 0 aliphatic heterocycles. The number of carbonyl (C=O) groups excluding carboxylic acids is 1. The van der Waals surface area contributed by atoms with E-state index >= 15 is 0 Å². The first-order valence-electron chi connectivity index (χ1n) is 6.86. The zero-order valence-corrected chi connectivity index (χ0v) is 14.1. The molecule has 0 saturated carbocycles. The molecule has 1 amide bonds. The van der Waals surface area contributed by atoms with Crippen molar-refractivity contribution in [3.05, 3.63) is 69.2 Å². The molecule has 0 fully saturated rings. The highest BCUT2D eigenvalue weighted by Gasteiger charge is 2.12. The zero-order valence-electron chi connectivity index (χ0n) is 11.8. The third-order valence-corrected chi connectivity index (χ3v) is 4.72. The third kappa shape index (κ3) is 4.32. The minimum absolute atomic E-state index is 0.137. The van der Waals surface area contributed by atoms with Crippen LogP contribution < -0.4 is 5.32 Å². The second kappa shape index (κ2) is 7.62. The van der Waals surface area contributed by atoms with Crippen LogP contribution in [0.25, 0.3) is 0 Å². The van der Waals surface area contributed by atoms with Gasteiger partial charge in [0.15, 0.2) is 0 Å². The third-order valence-electron chi connectivity index (χ3n) is 3.43. The number of hydrogen-bond donors (Lipinski definition) is 1. The van der Waals surface area contributed by atoms with Crippen LogP contribution in [0.1, 0.15) is 35.2 Å². The molecule has 0 bridgehead atoms. The molecule has 1 atom stereocenters. The fourth-order valence-corrected chi connectivity index (χ4v) is 2.70. The van der Waals surface area contributed by atoms with Crippen LogP contribution in [0.2, 0.25) is 5.02 Å². The van der Waals surface area contributed by atoms with Gasteiger partial charge in [0.05, 0.1) is 10.6 Å². The van der Waals surface area contributed by atoms with E-state index in [9.17, 15) is 4.79 Å². The molecule has 0 radical (unpaired) electrons. The van der Waals surface area contributed by atoms with Crippen molar-refractivity contribution in [2.45, 2.75) is 19.3 Å². The van der Waals surface area contributed by atoms with Crippen LogP contribution in [0.3, 0.4) is 0 Å². The molecular weight excluding hydrogens is 350 g/mol. The molecule has 2 rings (SSSR count). The van der Waals surface area contributed by atoms with Crippen molar-refractivity contribution in [1.29, 1.82) is 0 Å². The van der Waals surface area contributed by atoms with Gasteiger partial charge >= 0.3 is 0 Å². The predicted octanol–water partition coefficient (Wildman–Crippen LogP) is 5.03. The summed E-state index contributed by atoms with van der Waals surface area (Å²) in [4.78, 5) is 12.1. The Morgan fingerprint density at radius 1 is 1.19 bits per heavy atom. The highest BCUT2D eigenvalue weighted by molar-refractivity contribution is 9.10. The predicted molar refractivity (Wildman–Crippen MR) is 91.0 cm³/mol. The quantitative estimate of drug-likeness (QED) is 0.790. The van der Waals surface area contributed by atoms with E-state index in [4.69, 9.17) is 11.6 Å². The molecule has 110 valence electrons. The van der Waals surface area contributed by atoms with Crippen LogP contribution >= 0.6 is 27.5 Å². The van der Waals surface area contributed by atoms with E-state index in [1.165, 1.54) is 5.56 Å². The maximum atomic E-state index is 12.1. The lowest BCUT2D eigenvalue weighted by molar-refractivity contribution is 0.0952. The van der Waals surface area contributed by atoms with Gasteiger partial charge in [-0.3, -0.25) is 4.79 Å². The fraction of sp³-hybridized carbons (Fsp3) is 0.235. The zero-order chi connectivity index (χ0) is 15.2. The number of carbonyl (C=O) groups is 1. The molecule has 2 aromatic rings. The Kier molecular flexibility index (Phi) is 5.83. The van der Waals surface area contributed by atoms with Gasteiger partial charge in [0.2, 0.25) is 0 Å². The lowest BCUT2D eigenvalue weighted by Crippen LogP contribution is -2.25. The molecule has 1 unspecified atom stereocenters. The van der Waals surface area contributed by atoms with Gasteiger partial charge in [0.1, 0.15) is 0 Å². The highest BCUT2D eigenvalue weighted by Crippen LogP contribution is 2.26. The van der Waals surface area contributed by atoms with Crippen LogP contribution in [0.4, 0.5) is 0 Å². The van der Waals surface area contributed by atoms with Crippen LogP contribution in [0.5, 0.6) is 0 Å².